The van der Waals surface area contributed by atoms with Gasteiger partial charge in [-0.1, -0.05) is 44.0 Å². The van der Waals surface area contributed by atoms with E-state index in [2.05, 4.69) is 56.1 Å². The molecule has 0 aromatic heterocycles. The number of amides is 1. The quantitative estimate of drug-likeness (QED) is 0.660. The van der Waals surface area contributed by atoms with Crippen molar-refractivity contribution in [1.29, 1.82) is 0 Å². The van der Waals surface area contributed by atoms with E-state index in [1.54, 1.807) is 0 Å². The molecule has 2 nitrogen and oxygen atoms in total. The van der Waals surface area contributed by atoms with Gasteiger partial charge in [0.25, 0.3) is 0 Å². The number of hydrogen-bond donors (Lipinski definition) is 0. The van der Waals surface area contributed by atoms with Gasteiger partial charge in [-0.3, -0.25) is 4.79 Å². The van der Waals surface area contributed by atoms with Crippen molar-refractivity contribution in [2.24, 2.45) is 5.92 Å². The van der Waals surface area contributed by atoms with E-state index in [0.29, 0.717) is 12.0 Å². The van der Waals surface area contributed by atoms with Gasteiger partial charge < -0.3 is 4.90 Å². The molecule has 112 valence electrons. The summed E-state index contributed by atoms with van der Waals surface area (Å²) < 4.78 is 2.13. The predicted octanol–water partition coefficient (Wildman–Crippen LogP) is 5.12. The first kappa shape index (κ1) is 14.5. The molecule has 2 aromatic rings. The Balaban J connectivity index is 1.60. The van der Waals surface area contributed by atoms with Crippen LogP contribution in [-0.4, -0.2) is 11.9 Å². The molecule has 1 saturated carbocycles. The summed E-state index contributed by atoms with van der Waals surface area (Å²) in [6.45, 7) is 0. The standard InChI is InChI=1S/C18H15Br2NO/c19-12-3-1-11(2-4-12)16-9-15-10-17(16)18(22)21(15)14-7-5-13(20)6-8-14/h1-8,15-17H,9-10H2/t15-,16+,17-/m1/s1. The van der Waals surface area contributed by atoms with Crippen molar-refractivity contribution in [3.63, 3.8) is 0 Å². The number of piperidine rings is 1. The van der Waals surface area contributed by atoms with Gasteiger partial charge in [0.05, 0.1) is 0 Å². The highest BCUT2D eigenvalue weighted by atomic mass is 79.9. The number of anilines is 1. The van der Waals surface area contributed by atoms with Crippen LogP contribution in [0.15, 0.2) is 57.5 Å². The third kappa shape index (κ3) is 2.33. The second kappa shape index (κ2) is 5.50. The van der Waals surface area contributed by atoms with Crippen molar-refractivity contribution in [1.82, 2.24) is 0 Å². The molecule has 2 aliphatic rings. The average Bonchev–Trinajstić information content (AvgIpc) is 3.07. The van der Waals surface area contributed by atoms with E-state index in [0.717, 1.165) is 27.5 Å². The predicted molar refractivity (Wildman–Crippen MR) is 95.0 cm³/mol. The molecule has 1 aliphatic carbocycles. The van der Waals surface area contributed by atoms with Gasteiger partial charge in [-0.2, -0.15) is 0 Å². The SMILES string of the molecule is O=C1[C@@H]2C[C@@H](C[C@H]2c2ccc(Br)cc2)N1c1ccc(Br)cc1. The molecule has 0 radical (unpaired) electrons. The minimum absolute atomic E-state index is 0.134. The normalized spacial score (nSPS) is 26.7. The van der Waals surface area contributed by atoms with Crippen molar-refractivity contribution in [3.8, 4) is 0 Å². The number of benzene rings is 2. The van der Waals surface area contributed by atoms with Crippen LogP contribution in [0, 0.1) is 5.92 Å². The van der Waals surface area contributed by atoms with Gasteiger partial charge in [0.15, 0.2) is 0 Å². The molecule has 0 spiro atoms. The molecular formula is C18H15Br2NO. The van der Waals surface area contributed by atoms with Crippen molar-refractivity contribution in [3.05, 3.63) is 63.0 Å². The summed E-state index contributed by atoms with van der Waals surface area (Å²) in [5, 5.41) is 0. The molecule has 1 saturated heterocycles. The summed E-state index contributed by atoms with van der Waals surface area (Å²) in [5.74, 6) is 0.790. The summed E-state index contributed by atoms with van der Waals surface area (Å²) in [6, 6.07) is 16.8. The maximum atomic E-state index is 12.8. The lowest BCUT2D eigenvalue weighted by atomic mass is 9.87. The third-order valence-corrected chi connectivity index (χ3v) is 5.92. The topological polar surface area (TPSA) is 20.3 Å². The number of carbonyl (C=O) groups excluding carboxylic acids is 1. The summed E-state index contributed by atoms with van der Waals surface area (Å²) >= 11 is 6.92. The fourth-order valence-electron chi connectivity index (χ4n) is 3.87. The molecule has 4 heteroatoms. The molecule has 1 heterocycles. The van der Waals surface area contributed by atoms with Gasteiger partial charge in [0.2, 0.25) is 5.91 Å². The lowest BCUT2D eigenvalue weighted by molar-refractivity contribution is -0.121. The lowest BCUT2D eigenvalue weighted by Crippen LogP contribution is -2.39. The van der Waals surface area contributed by atoms with Crippen LogP contribution in [0.3, 0.4) is 0 Å². The van der Waals surface area contributed by atoms with E-state index in [-0.39, 0.29) is 11.8 Å². The molecule has 2 aromatic carbocycles. The Kier molecular flexibility index (Phi) is 3.61. The molecule has 22 heavy (non-hydrogen) atoms. The highest BCUT2D eigenvalue weighted by Gasteiger charge is 2.51. The zero-order valence-electron chi connectivity index (χ0n) is 11.9. The first-order valence-electron chi connectivity index (χ1n) is 7.47. The van der Waals surface area contributed by atoms with Crippen molar-refractivity contribution < 1.29 is 4.79 Å². The molecule has 3 atom stereocenters. The first-order valence-corrected chi connectivity index (χ1v) is 9.06. The fraction of sp³-hybridized carbons (Fsp3) is 0.278. The smallest absolute Gasteiger partial charge is 0.231 e. The maximum absolute atomic E-state index is 12.8. The Bertz CT molecular complexity index is 711. The van der Waals surface area contributed by atoms with E-state index in [1.807, 2.05) is 29.2 Å². The Morgan fingerprint density at radius 1 is 0.818 bits per heavy atom. The zero-order chi connectivity index (χ0) is 15.3. The highest BCUT2D eigenvalue weighted by molar-refractivity contribution is 9.10. The molecule has 2 fully saturated rings. The Morgan fingerprint density at radius 2 is 1.36 bits per heavy atom. The number of hydrogen-bond acceptors (Lipinski definition) is 1. The summed E-state index contributed by atoms with van der Waals surface area (Å²) in [7, 11) is 0. The monoisotopic (exact) mass is 419 g/mol. The second-order valence-corrected chi connectivity index (χ2v) is 7.91. The van der Waals surface area contributed by atoms with Crippen LogP contribution in [0.2, 0.25) is 0 Å². The summed E-state index contributed by atoms with van der Waals surface area (Å²) in [4.78, 5) is 14.8. The number of fused-ring (bicyclic) bond motifs is 2. The Labute approximate surface area is 146 Å². The van der Waals surface area contributed by atoms with Gasteiger partial charge in [-0.05, 0) is 60.7 Å². The van der Waals surface area contributed by atoms with Crippen LogP contribution in [0.4, 0.5) is 5.69 Å². The van der Waals surface area contributed by atoms with Crippen molar-refractivity contribution >= 4 is 43.5 Å². The van der Waals surface area contributed by atoms with E-state index in [4.69, 9.17) is 0 Å². The van der Waals surface area contributed by atoms with Crippen LogP contribution in [0.25, 0.3) is 0 Å². The fourth-order valence-corrected chi connectivity index (χ4v) is 4.40. The largest absolute Gasteiger partial charge is 0.309 e. The molecule has 1 amide bonds. The molecule has 2 bridgehead atoms. The first-order chi connectivity index (χ1) is 10.6. The van der Waals surface area contributed by atoms with E-state index in [1.165, 1.54) is 5.56 Å². The second-order valence-electron chi connectivity index (χ2n) is 6.07. The van der Waals surface area contributed by atoms with Crippen LogP contribution < -0.4 is 4.90 Å². The average molecular weight is 421 g/mol. The highest BCUT2D eigenvalue weighted by Crippen LogP contribution is 2.49. The molecule has 0 N–H and O–H groups in total. The number of nitrogens with zero attached hydrogens (tertiary/aromatic N) is 1. The van der Waals surface area contributed by atoms with Crippen LogP contribution in [0.1, 0.15) is 24.3 Å². The molecular weight excluding hydrogens is 406 g/mol. The van der Waals surface area contributed by atoms with Crippen LogP contribution in [0.5, 0.6) is 0 Å². The number of rotatable bonds is 2. The number of carbonyl (C=O) groups is 1. The number of halogens is 2. The molecule has 0 unspecified atom stereocenters. The minimum Gasteiger partial charge on any atom is -0.309 e. The van der Waals surface area contributed by atoms with Crippen molar-refractivity contribution in [2.45, 2.75) is 24.8 Å². The van der Waals surface area contributed by atoms with Crippen LogP contribution in [-0.2, 0) is 4.79 Å². The zero-order valence-corrected chi connectivity index (χ0v) is 15.0. The molecule has 1 aliphatic heterocycles. The van der Waals surface area contributed by atoms with E-state index >= 15 is 0 Å². The minimum atomic E-state index is 0.134. The Morgan fingerprint density at radius 3 is 1.95 bits per heavy atom. The van der Waals surface area contributed by atoms with Gasteiger partial charge >= 0.3 is 0 Å². The maximum Gasteiger partial charge on any atom is 0.231 e. The van der Waals surface area contributed by atoms with Crippen LogP contribution >= 0.6 is 31.9 Å². The summed E-state index contributed by atoms with van der Waals surface area (Å²) in [5.41, 5.74) is 2.31. The third-order valence-electron chi connectivity index (χ3n) is 4.86. The Hall–Kier alpha value is -1.13. The summed E-state index contributed by atoms with van der Waals surface area (Å²) in [6.07, 6.45) is 2.05. The molecule has 4 rings (SSSR count). The van der Waals surface area contributed by atoms with Gasteiger partial charge in [0, 0.05) is 26.6 Å². The van der Waals surface area contributed by atoms with E-state index < -0.39 is 0 Å². The van der Waals surface area contributed by atoms with Gasteiger partial charge in [-0.15, -0.1) is 0 Å². The van der Waals surface area contributed by atoms with Gasteiger partial charge in [-0.25, -0.2) is 0 Å². The lowest BCUT2D eigenvalue weighted by Gasteiger charge is -2.31. The van der Waals surface area contributed by atoms with Crippen molar-refractivity contribution in [2.75, 3.05) is 4.90 Å². The van der Waals surface area contributed by atoms with Gasteiger partial charge in [0.1, 0.15) is 0 Å². The van der Waals surface area contributed by atoms with E-state index in [9.17, 15) is 4.79 Å².